The lowest BCUT2D eigenvalue weighted by Crippen LogP contribution is -2.37. The summed E-state index contributed by atoms with van der Waals surface area (Å²) in [6.07, 6.45) is -3.68. The third-order valence-electron chi connectivity index (χ3n) is 4.29. The molecule has 0 radical (unpaired) electrons. The summed E-state index contributed by atoms with van der Waals surface area (Å²) in [7, 11) is -3.88. The highest BCUT2D eigenvalue weighted by Crippen LogP contribution is 2.34. The van der Waals surface area contributed by atoms with Gasteiger partial charge >= 0.3 is 6.18 Å². The van der Waals surface area contributed by atoms with E-state index in [1.165, 1.54) is 0 Å². The highest BCUT2D eigenvalue weighted by Gasteiger charge is 2.31. The van der Waals surface area contributed by atoms with Gasteiger partial charge in [-0.05, 0) is 29.7 Å². The van der Waals surface area contributed by atoms with Gasteiger partial charge in [0, 0.05) is 5.39 Å². The summed E-state index contributed by atoms with van der Waals surface area (Å²) >= 11 is 5.90. The predicted molar refractivity (Wildman–Crippen MR) is 111 cm³/mol. The van der Waals surface area contributed by atoms with Crippen LogP contribution in [-0.2, 0) is 21.0 Å². The maximum absolute atomic E-state index is 12.9. The second-order valence-corrected chi connectivity index (χ2v) is 8.82. The first-order valence-electron chi connectivity index (χ1n) is 8.59. The van der Waals surface area contributed by atoms with E-state index in [0.717, 1.165) is 28.1 Å². The van der Waals surface area contributed by atoms with Crippen molar-refractivity contribution in [1.29, 1.82) is 0 Å². The van der Waals surface area contributed by atoms with E-state index < -0.39 is 34.2 Å². The molecule has 158 valence electrons. The molecule has 0 aliphatic heterocycles. The van der Waals surface area contributed by atoms with Gasteiger partial charge in [-0.1, -0.05) is 48.0 Å². The number of nitrogens with zero attached hydrogens (tertiary/aromatic N) is 1. The Kier molecular flexibility index (Phi) is 5.96. The number of carbonyl (C=O) groups is 1. The number of sulfonamides is 1. The van der Waals surface area contributed by atoms with Crippen LogP contribution in [0.5, 0.6) is 0 Å². The summed E-state index contributed by atoms with van der Waals surface area (Å²) in [5.41, 5.74) is -0.972. The molecule has 0 saturated heterocycles. The molecule has 0 saturated carbocycles. The first-order chi connectivity index (χ1) is 14.0. The van der Waals surface area contributed by atoms with Crippen LogP contribution in [0.1, 0.15) is 5.56 Å². The Bertz CT molecular complexity index is 1210. The minimum absolute atomic E-state index is 0.104. The average Bonchev–Trinajstić information content (AvgIpc) is 2.66. The fraction of sp³-hybridized carbons (Fsp3) is 0.150. The van der Waals surface area contributed by atoms with E-state index >= 15 is 0 Å². The second-order valence-electron chi connectivity index (χ2n) is 6.51. The molecule has 0 aliphatic carbocycles. The van der Waals surface area contributed by atoms with Crippen molar-refractivity contribution >= 4 is 49.7 Å². The zero-order chi connectivity index (χ0) is 22.1. The molecule has 0 heterocycles. The normalized spacial score (nSPS) is 12.0. The number of amides is 1. The average molecular weight is 457 g/mol. The molecular weight excluding hydrogens is 441 g/mol. The fourth-order valence-corrected chi connectivity index (χ4v) is 3.96. The monoisotopic (exact) mass is 456 g/mol. The number of hydrogen-bond donors (Lipinski definition) is 1. The van der Waals surface area contributed by atoms with E-state index in [2.05, 4.69) is 5.32 Å². The third kappa shape index (κ3) is 4.85. The zero-order valence-electron chi connectivity index (χ0n) is 15.6. The van der Waals surface area contributed by atoms with Crippen LogP contribution in [0.2, 0.25) is 5.02 Å². The van der Waals surface area contributed by atoms with Gasteiger partial charge in [0.05, 0.1) is 28.2 Å². The van der Waals surface area contributed by atoms with Gasteiger partial charge in [-0.3, -0.25) is 9.10 Å². The number of halogens is 4. The van der Waals surface area contributed by atoms with E-state index in [9.17, 15) is 26.4 Å². The van der Waals surface area contributed by atoms with Crippen LogP contribution in [0, 0.1) is 0 Å². The molecule has 0 aromatic heterocycles. The summed E-state index contributed by atoms with van der Waals surface area (Å²) in [5, 5.41) is 3.54. The van der Waals surface area contributed by atoms with Crippen molar-refractivity contribution in [1.82, 2.24) is 0 Å². The number of carbonyl (C=O) groups excluding carboxylic acids is 1. The molecule has 0 aliphatic rings. The molecule has 10 heteroatoms. The Morgan fingerprint density at radius 3 is 2.40 bits per heavy atom. The SMILES string of the molecule is CS(=O)(=O)N(CC(=O)Nc1cc(C(F)(F)F)ccc1Cl)c1cccc2ccccc12. The maximum atomic E-state index is 12.9. The number of nitrogens with one attached hydrogen (secondary N) is 1. The summed E-state index contributed by atoms with van der Waals surface area (Å²) in [6.45, 7) is -0.639. The van der Waals surface area contributed by atoms with Gasteiger partial charge in [0.15, 0.2) is 0 Å². The summed E-state index contributed by atoms with van der Waals surface area (Å²) in [6, 6.07) is 14.5. The Labute approximate surface area is 176 Å². The van der Waals surface area contributed by atoms with E-state index in [4.69, 9.17) is 11.6 Å². The fourth-order valence-electron chi connectivity index (χ4n) is 2.92. The van der Waals surface area contributed by atoms with Crippen molar-refractivity contribution in [3.8, 4) is 0 Å². The van der Waals surface area contributed by atoms with Gasteiger partial charge in [0.2, 0.25) is 15.9 Å². The number of rotatable bonds is 5. The van der Waals surface area contributed by atoms with Gasteiger partial charge in [-0.2, -0.15) is 13.2 Å². The quantitative estimate of drug-likeness (QED) is 0.592. The van der Waals surface area contributed by atoms with Crippen molar-refractivity contribution in [2.45, 2.75) is 6.18 Å². The largest absolute Gasteiger partial charge is 0.416 e. The molecule has 3 rings (SSSR count). The smallest absolute Gasteiger partial charge is 0.323 e. The van der Waals surface area contributed by atoms with Gasteiger partial charge in [-0.15, -0.1) is 0 Å². The minimum atomic E-state index is -4.62. The molecule has 0 bridgehead atoms. The topological polar surface area (TPSA) is 66.5 Å². The van der Waals surface area contributed by atoms with Crippen LogP contribution in [-0.4, -0.2) is 27.1 Å². The van der Waals surface area contributed by atoms with Gasteiger partial charge in [-0.25, -0.2) is 8.42 Å². The standard InChI is InChI=1S/C20H16ClF3N2O3S/c1-30(28,29)26(18-8-4-6-13-5-2-3-7-15(13)18)12-19(27)25-17-11-14(20(22,23)24)9-10-16(17)21/h2-11H,12H2,1H3,(H,25,27). The van der Waals surface area contributed by atoms with E-state index in [1.807, 2.05) is 0 Å². The summed E-state index contributed by atoms with van der Waals surface area (Å²) in [4.78, 5) is 12.5. The number of alkyl halides is 3. The molecule has 1 N–H and O–H groups in total. The lowest BCUT2D eigenvalue weighted by molar-refractivity contribution is -0.137. The Morgan fingerprint density at radius 1 is 1.07 bits per heavy atom. The Balaban J connectivity index is 1.93. The number of fused-ring (bicyclic) bond motifs is 1. The predicted octanol–water partition coefficient (Wildman–Crippen LogP) is 4.92. The van der Waals surface area contributed by atoms with Crippen molar-refractivity contribution in [2.75, 3.05) is 22.4 Å². The first kappa shape index (κ1) is 21.9. The van der Waals surface area contributed by atoms with Crippen molar-refractivity contribution in [3.05, 3.63) is 71.2 Å². The van der Waals surface area contributed by atoms with Crippen molar-refractivity contribution in [2.24, 2.45) is 0 Å². The van der Waals surface area contributed by atoms with Crippen LogP contribution >= 0.6 is 11.6 Å². The molecule has 3 aromatic carbocycles. The second kappa shape index (κ2) is 8.16. The van der Waals surface area contributed by atoms with Crippen LogP contribution in [0.25, 0.3) is 10.8 Å². The Hall–Kier alpha value is -2.78. The molecule has 1 amide bonds. The summed E-state index contributed by atoms with van der Waals surface area (Å²) < 4.78 is 64.5. The van der Waals surface area contributed by atoms with Gasteiger partial charge in [0.25, 0.3) is 0 Å². The highest BCUT2D eigenvalue weighted by molar-refractivity contribution is 7.92. The van der Waals surface area contributed by atoms with Gasteiger partial charge in [0.1, 0.15) is 6.54 Å². The molecule has 0 fully saturated rings. The number of hydrogen-bond acceptors (Lipinski definition) is 3. The Morgan fingerprint density at radius 2 is 1.73 bits per heavy atom. The van der Waals surface area contributed by atoms with Crippen molar-refractivity contribution in [3.63, 3.8) is 0 Å². The van der Waals surface area contributed by atoms with Crippen LogP contribution in [0.4, 0.5) is 24.5 Å². The third-order valence-corrected chi connectivity index (χ3v) is 5.75. The molecule has 5 nitrogen and oxygen atoms in total. The van der Waals surface area contributed by atoms with Crippen LogP contribution in [0.15, 0.2) is 60.7 Å². The molecule has 30 heavy (non-hydrogen) atoms. The molecule has 0 unspecified atom stereocenters. The zero-order valence-corrected chi connectivity index (χ0v) is 17.1. The van der Waals surface area contributed by atoms with E-state index in [0.29, 0.717) is 11.5 Å². The minimum Gasteiger partial charge on any atom is -0.323 e. The van der Waals surface area contributed by atoms with Crippen LogP contribution < -0.4 is 9.62 Å². The van der Waals surface area contributed by atoms with Crippen molar-refractivity contribution < 1.29 is 26.4 Å². The first-order valence-corrected chi connectivity index (χ1v) is 10.8. The molecular formula is C20H16ClF3N2O3S. The molecule has 0 spiro atoms. The number of anilines is 2. The number of benzene rings is 3. The lowest BCUT2D eigenvalue weighted by Gasteiger charge is -2.23. The van der Waals surface area contributed by atoms with Gasteiger partial charge < -0.3 is 5.32 Å². The molecule has 0 atom stereocenters. The van der Waals surface area contributed by atoms with E-state index in [-0.39, 0.29) is 16.4 Å². The summed E-state index contributed by atoms with van der Waals surface area (Å²) in [5.74, 6) is -0.838. The molecule has 3 aromatic rings. The highest BCUT2D eigenvalue weighted by atomic mass is 35.5. The maximum Gasteiger partial charge on any atom is 0.416 e. The van der Waals surface area contributed by atoms with E-state index in [1.54, 1.807) is 42.5 Å². The lowest BCUT2D eigenvalue weighted by atomic mass is 10.1. The van der Waals surface area contributed by atoms with Crippen LogP contribution in [0.3, 0.4) is 0 Å².